The number of urea groups is 1. The summed E-state index contributed by atoms with van der Waals surface area (Å²) in [6.07, 6.45) is -4.77. The molecule has 2 aliphatic heterocycles. The fraction of sp³-hybridized carbons (Fsp3) is 0.543. The van der Waals surface area contributed by atoms with Crippen molar-refractivity contribution in [2.45, 2.75) is 37.0 Å². The van der Waals surface area contributed by atoms with Crippen molar-refractivity contribution in [3.8, 4) is 22.9 Å². The Morgan fingerprint density at radius 2 is 1.67 bits per heavy atom. The summed E-state index contributed by atoms with van der Waals surface area (Å²) < 4.78 is 70.3. The zero-order valence-corrected chi connectivity index (χ0v) is 30.6. The van der Waals surface area contributed by atoms with Crippen LogP contribution in [0.25, 0.3) is 11.4 Å². The van der Waals surface area contributed by atoms with Gasteiger partial charge in [-0.05, 0) is 44.2 Å². The monoisotopic (exact) mass is 750 g/mol. The maximum Gasteiger partial charge on any atom is 0.420 e. The molecule has 2 aromatic carbocycles. The van der Waals surface area contributed by atoms with Crippen LogP contribution in [0, 0.1) is 0 Å². The first-order valence-corrected chi connectivity index (χ1v) is 18.0. The molecule has 52 heavy (non-hydrogen) atoms. The number of para-hydroxylation sites is 1. The second-order valence-corrected chi connectivity index (χ2v) is 13.9. The fourth-order valence-electron chi connectivity index (χ4n) is 5.88. The second kappa shape index (κ2) is 17.9. The summed E-state index contributed by atoms with van der Waals surface area (Å²) in [7, 11) is 3.28. The van der Waals surface area contributed by atoms with Crippen LogP contribution in [0.15, 0.2) is 51.9 Å². The molecule has 3 aromatic rings. The maximum atomic E-state index is 14.4. The first-order valence-electron chi connectivity index (χ1n) is 17.0. The summed E-state index contributed by atoms with van der Waals surface area (Å²) in [6.45, 7) is 9.96. The minimum Gasteiger partial charge on any atom is -0.456 e. The van der Waals surface area contributed by atoms with E-state index < -0.39 is 29.2 Å². The summed E-state index contributed by atoms with van der Waals surface area (Å²) in [4.78, 5) is 38.5. The number of benzene rings is 2. The number of carbonyl (C=O) groups excluding carboxylic acids is 2. The molecule has 0 N–H and O–H groups in total. The van der Waals surface area contributed by atoms with Gasteiger partial charge >= 0.3 is 12.2 Å². The summed E-state index contributed by atoms with van der Waals surface area (Å²) in [5.74, 6) is -0.0924. The molecule has 0 radical (unpaired) electrons. The molecule has 13 nitrogen and oxygen atoms in total. The van der Waals surface area contributed by atoms with Crippen LogP contribution in [-0.2, 0) is 31.7 Å². The first kappa shape index (κ1) is 39.5. The number of amides is 3. The molecule has 2 saturated heterocycles. The van der Waals surface area contributed by atoms with Crippen LogP contribution in [0.5, 0.6) is 11.5 Å². The van der Waals surface area contributed by atoms with Gasteiger partial charge in [-0.1, -0.05) is 17.3 Å². The number of alkyl halides is 3. The van der Waals surface area contributed by atoms with Crippen molar-refractivity contribution in [2.75, 3.05) is 92.2 Å². The number of halogens is 3. The molecule has 0 unspecified atom stereocenters. The number of morpholine rings is 1. The van der Waals surface area contributed by atoms with E-state index in [0.717, 1.165) is 37.1 Å². The highest BCUT2D eigenvalue weighted by Gasteiger charge is 2.51. The lowest BCUT2D eigenvalue weighted by Crippen LogP contribution is -2.48. The molecule has 17 heteroatoms. The van der Waals surface area contributed by atoms with Crippen LogP contribution in [0.1, 0.15) is 25.3 Å². The molecule has 0 bridgehead atoms. The second-order valence-electron chi connectivity index (χ2n) is 12.8. The third-order valence-electron chi connectivity index (χ3n) is 8.91. The molecule has 3 heterocycles. The van der Waals surface area contributed by atoms with E-state index in [1.807, 2.05) is 0 Å². The van der Waals surface area contributed by atoms with Gasteiger partial charge in [0.05, 0.1) is 36.9 Å². The van der Waals surface area contributed by atoms with E-state index in [1.165, 1.54) is 28.8 Å². The average Bonchev–Trinajstić information content (AvgIpc) is 3.66. The number of thioether (sulfide) groups is 1. The molecule has 5 rings (SSSR count). The Labute approximate surface area is 305 Å². The molecule has 2 aliphatic rings. The lowest BCUT2D eigenvalue weighted by molar-refractivity contribution is -0.138. The quantitative estimate of drug-likeness (QED) is 0.127. The summed E-state index contributed by atoms with van der Waals surface area (Å²) in [6, 6.07) is 9.95. The third-order valence-corrected chi connectivity index (χ3v) is 9.95. The number of methoxy groups -OCH3 is 2. The predicted octanol–water partition coefficient (Wildman–Crippen LogP) is 5.11. The van der Waals surface area contributed by atoms with Crippen LogP contribution >= 0.6 is 11.8 Å². The van der Waals surface area contributed by atoms with Gasteiger partial charge in [0.2, 0.25) is 11.7 Å². The Bertz CT molecular complexity index is 1640. The predicted molar refractivity (Wildman–Crippen MR) is 186 cm³/mol. The van der Waals surface area contributed by atoms with Crippen LogP contribution in [0.4, 0.5) is 18.0 Å². The van der Waals surface area contributed by atoms with E-state index in [2.05, 4.69) is 19.9 Å². The molecule has 1 aromatic heterocycles. The summed E-state index contributed by atoms with van der Waals surface area (Å²) in [5, 5.41) is 3.87. The van der Waals surface area contributed by atoms with E-state index in [4.69, 9.17) is 23.5 Å². The summed E-state index contributed by atoms with van der Waals surface area (Å²) >= 11 is 1.48. The van der Waals surface area contributed by atoms with Crippen molar-refractivity contribution in [1.29, 1.82) is 0 Å². The Balaban J connectivity index is 1.27. The lowest BCUT2D eigenvalue weighted by atomic mass is 10.0. The van der Waals surface area contributed by atoms with Crippen molar-refractivity contribution in [1.82, 2.24) is 29.7 Å². The van der Waals surface area contributed by atoms with Gasteiger partial charge in [0.15, 0.2) is 0 Å². The SMILES string of the molecule is COCCN(CCOC)CCSc1ccccc1Oc1ccc(-c2noc(CN3C(=O)N(CCN4CCOCC4)C(C)(C)C3=O)n2)cc1C(F)(F)F. The van der Waals surface area contributed by atoms with Crippen molar-refractivity contribution >= 4 is 23.7 Å². The molecule has 0 aliphatic carbocycles. The van der Waals surface area contributed by atoms with E-state index in [-0.39, 0.29) is 35.3 Å². The van der Waals surface area contributed by atoms with E-state index >= 15 is 0 Å². The molecule has 284 valence electrons. The van der Waals surface area contributed by atoms with Gasteiger partial charge in [0.25, 0.3) is 5.91 Å². The highest BCUT2D eigenvalue weighted by Crippen LogP contribution is 2.42. The zero-order valence-electron chi connectivity index (χ0n) is 29.8. The first-order chi connectivity index (χ1) is 24.9. The van der Waals surface area contributed by atoms with Crippen LogP contribution in [-0.4, -0.2) is 139 Å². The summed E-state index contributed by atoms with van der Waals surface area (Å²) in [5.41, 5.74) is -2.10. The Hall–Kier alpha value is -3.74. The lowest BCUT2D eigenvalue weighted by Gasteiger charge is -2.32. The normalized spacial score (nSPS) is 16.8. The van der Waals surface area contributed by atoms with Gasteiger partial charge in [-0.3, -0.25) is 19.5 Å². The van der Waals surface area contributed by atoms with Gasteiger partial charge in [-0.25, -0.2) is 4.79 Å². The number of ether oxygens (including phenoxy) is 4. The van der Waals surface area contributed by atoms with E-state index in [9.17, 15) is 22.8 Å². The van der Waals surface area contributed by atoms with Gasteiger partial charge < -0.3 is 28.4 Å². The van der Waals surface area contributed by atoms with Gasteiger partial charge in [0, 0.05) is 71.3 Å². The van der Waals surface area contributed by atoms with Crippen molar-refractivity contribution in [3.05, 3.63) is 53.9 Å². The number of hydrogen-bond donors (Lipinski definition) is 0. The topological polar surface area (TPSA) is 123 Å². The molecule has 0 spiro atoms. The van der Waals surface area contributed by atoms with Gasteiger partial charge in [-0.2, -0.15) is 18.2 Å². The van der Waals surface area contributed by atoms with Crippen LogP contribution in [0.2, 0.25) is 0 Å². The molecule has 3 amide bonds. The van der Waals surface area contributed by atoms with E-state index in [1.54, 1.807) is 52.3 Å². The van der Waals surface area contributed by atoms with Crippen molar-refractivity contribution in [3.63, 3.8) is 0 Å². The zero-order chi connectivity index (χ0) is 37.3. The molecule has 0 atom stereocenters. The number of aromatic nitrogens is 2. The highest BCUT2D eigenvalue weighted by molar-refractivity contribution is 7.99. The van der Waals surface area contributed by atoms with E-state index in [0.29, 0.717) is 56.7 Å². The van der Waals surface area contributed by atoms with Crippen LogP contribution in [0.3, 0.4) is 0 Å². The molecular formula is C35H45F3N6O7S. The smallest absolute Gasteiger partial charge is 0.420 e. The minimum atomic E-state index is -4.77. The minimum absolute atomic E-state index is 0.0242. The number of carbonyl (C=O) groups is 2. The number of hydrogen-bond acceptors (Lipinski definition) is 12. The van der Waals surface area contributed by atoms with Crippen molar-refractivity contribution in [2.24, 2.45) is 0 Å². The number of rotatable bonds is 18. The van der Waals surface area contributed by atoms with Gasteiger partial charge in [0.1, 0.15) is 23.6 Å². The van der Waals surface area contributed by atoms with Crippen molar-refractivity contribution < 1.29 is 46.2 Å². The fourth-order valence-corrected chi connectivity index (χ4v) is 6.88. The Morgan fingerprint density at radius 3 is 2.37 bits per heavy atom. The molecular weight excluding hydrogens is 705 g/mol. The maximum absolute atomic E-state index is 14.4. The van der Waals surface area contributed by atoms with Gasteiger partial charge in [-0.15, -0.1) is 11.8 Å². The standard InChI is InChI=1S/C35H45F3N6O7S/c1-34(2)32(45)43(33(46)44(34)12-11-41-15-20-49-21-16-41)24-30-39-31(40-51-30)25-9-10-27(26(23-25)35(36,37)38)50-28-7-5-6-8-29(28)52-22-17-42(13-18-47-3)14-19-48-4/h5-10,23H,11-22,24H2,1-4H3. The number of nitrogens with zero attached hydrogens (tertiary/aromatic N) is 6. The molecule has 2 fully saturated rings. The highest BCUT2D eigenvalue weighted by atomic mass is 32.2. The average molecular weight is 751 g/mol. The molecule has 0 saturated carbocycles. The third kappa shape index (κ3) is 9.81. The van der Waals surface area contributed by atoms with Crippen LogP contribution < -0.4 is 4.74 Å². The number of imide groups is 1. The largest absolute Gasteiger partial charge is 0.456 e. The Kier molecular flexibility index (Phi) is 13.6. The Morgan fingerprint density at radius 1 is 0.962 bits per heavy atom.